The third-order valence-electron chi connectivity index (χ3n) is 2.52. The molecule has 0 saturated carbocycles. The third kappa shape index (κ3) is 4.66. The van der Waals surface area contributed by atoms with Crippen molar-refractivity contribution in [1.29, 1.82) is 0 Å². The molecule has 5 heteroatoms. The standard InChI is InChI=1S/C13H19BrN2O2/c1-3-4-12(8-18-2)16-13(17)9-5-10(14)7-11(15)6-9/h5-7,12H,3-4,8,15H2,1-2H3,(H,16,17). The first-order valence-electron chi connectivity index (χ1n) is 5.92. The van der Waals surface area contributed by atoms with Crippen LogP contribution in [0.15, 0.2) is 22.7 Å². The lowest BCUT2D eigenvalue weighted by Gasteiger charge is -2.17. The fraction of sp³-hybridized carbons (Fsp3) is 0.462. The first-order valence-corrected chi connectivity index (χ1v) is 6.72. The lowest BCUT2D eigenvalue weighted by atomic mass is 10.1. The van der Waals surface area contributed by atoms with E-state index in [-0.39, 0.29) is 11.9 Å². The lowest BCUT2D eigenvalue weighted by Crippen LogP contribution is -2.37. The summed E-state index contributed by atoms with van der Waals surface area (Å²) in [4.78, 5) is 12.1. The van der Waals surface area contributed by atoms with Gasteiger partial charge in [-0.3, -0.25) is 4.79 Å². The van der Waals surface area contributed by atoms with Gasteiger partial charge in [0, 0.05) is 22.8 Å². The van der Waals surface area contributed by atoms with E-state index in [2.05, 4.69) is 28.2 Å². The minimum absolute atomic E-state index is 0.0349. The fourth-order valence-corrected chi connectivity index (χ4v) is 2.27. The maximum atomic E-state index is 12.1. The van der Waals surface area contributed by atoms with Crippen molar-refractivity contribution in [3.05, 3.63) is 28.2 Å². The Morgan fingerprint density at radius 1 is 1.50 bits per heavy atom. The van der Waals surface area contributed by atoms with Gasteiger partial charge < -0.3 is 15.8 Å². The Kier molecular flexibility index (Phi) is 6.15. The first-order chi connectivity index (χ1) is 8.56. The van der Waals surface area contributed by atoms with Crippen LogP contribution in [0.3, 0.4) is 0 Å². The van der Waals surface area contributed by atoms with Crippen LogP contribution >= 0.6 is 15.9 Å². The van der Waals surface area contributed by atoms with Crippen molar-refractivity contribution in [2.75, 3.05) is 19.5 Å². The van der Waals surface area contributed by atoms with Crippen LogP contribution < -0.4 is 11.1 Å². The number of hydrogen-bond acceptors (Lipinski definition) is 3. The highest BCUT2D eigenvalue weighted by atomic mass is 79.9. The highest BCUT2D eigenvalue weighted by Gasteiger charge is 2.13. The summed E-state index contributed by atoms with van der Waals surface area (Å²) >= 11 is 3.32. The molecule has 0 aliphatic rings. The molecule has 4 nitrogen and oxygen atoms in total. The zero-order chi connectivity index (χ0) is 13.5. The van der Waals surface area contributed by atoms with Crippen molar-refractivity contribution >= 4 is 27.5 Å². The minimum atomic E-state index is -0.126. The van der Waals surface area contributed by atoms with Gasteiger partial charge >= 0.3 is 0 Å². The van der Waals surface area contributed by atoms with Gasteiger partial charge in [-0.05, 0) is 24.6 Å². The Morgan fingerprint density at radius 2 is 2.22 bits per heavy atom. The van der Waals surface area contributed by atoms with Crippen LogP contribution in [0.5, 0.6) is 0 Å². The molecule has 0 radical (unpaired) electrons. The molecule has 1 aromatic carbocycles. The molecule has 100 valence electrons. The molecule has 0 aliphatic heterocycles. The number of nitrogens with one attached hydrogen (secondary N) is 1. The average Bonchev–Trinajstić information content (AvgIpc) is 2.28. The number of nitrogens with two attached hydrogens (primary N) is 1. The van der Waals surface area contributed by atoms with Gasteiger partial charge in [0.2, 0.25) is 0 Å². The van der Waals surface area contributed by atoms with Gasteiger partial charge in [0.05, 0.1) is 12.6 Å². The summed E-state index contributed by atoms with van der Waals surface area (Å²) in [7, 11) is 1.63. The molecular formula is C13H19BrN2O2. The predicted octanol–water partition coefficient (Wildman–Crippen LogP) is 2.58. The Bertz CT molecular complexity index is 384. The number of carbonyl (C=O) groups excluding carboxylic acids is 1. The second-order valence-electron chi connectivity index (χ2n) is 4.19. The molecule has 0 aliphatic carbocycles. The number of methoxy groups -OCH3 is 1. The summed E-state index contributed by atoms with van der Waals surface area (Å²) in [6.45, 7) is 2.59. The van der Waals surface area contributed by atoms with Crippen molar-refractivity contribution in [3.8, 4) is 0 Å². The smallest absolute Gasteiger partial charge is 0.251 e. The number of halogens is 1. The molecule has 0 saturated heterocycles. The second kappa shape index (κ2) is 7.38. The fourth-order valence-electron chi connectivity index (χ4n) is 1.76. The van der Waals surface area contributed by atoms with E-state index in [0.717, 1.165) is 17.3 Å². The molecule has 0 fully saturated rings. The highest BCUT2D eigenvalue weighted by molar-refractivity contribution is 9.10. The van der Waals surface area contributed by atoms with Crippen LogP contribution in [0.25, 0.3) is 0 Å². The predicted molar refractivity (Wildman–Crippen MR) is 76.6 cm³/mol. The van der Waals surface area contributed by atoms with E-state index in [1.807, 2.05) is 0 Å². The van der Waals surface area contributed by atoms with Crippen LogP contribution in [0.1, 0.15) is 30.1 Å². The van der Waals surface area contributed by atoms with Crippen LogP contribution in [-0.2, 0) is 4.74 Å². The Balaban J connectivity index is 2.73. The van der Waals surface area contributed by atoms with Crippen LogP contribution in [0.4, 0.5) is 5.69 Å². The molecule has 0 spiro atoms. The summed E-state index contributed by atoms with van der Waals surface area (Å²) in [6.07, 6.45) is 1.89. The van der Waals surface area contributed by atoms with E-state index in [1.165, 1.54) is 0 Å². The first kappa shape index (κ1) is 15.0. The van der Waals surface area contributed by atoms with E-state index < -0.39 is 0 Å². The van der Waals surface area contributed by atoms with Crippen molar-refractivity contribution in [2.45, 2.75) is 25.8 Å². The Labute approximate surface area is 116 Å². The largest absolute Gasteiger partial charge is 0.399 e. The van der Waals surface area contributed by atoms with E-state index in [4.69, 9.17) is 10.5 Å². The van der Waals surface area contributed by atoms with Crippen LogP contribution in [0.2, 0.25) is 0 Å². The minimum Gasteiger partial charge on any atom is -0.399 e. The molecule has 18 heavy (non-hydrogen) atoms. The van der Waals surface area contributed by atoms with E-state index in [9.17, 15) is 4.79 Å². The molecule has 1 unspecified atom stereocenters. The van der Waals surface area contributed by atoms with E-state index >= 15 is 0 Å². The van der Waals surface area contributed by atoms with Gasteiger partial charge in [0.15, 0.2) is 0 Å². The zero-order valence-electron chi connectivity index (χ0n) is 10.7. The SMILES string of the molecule is CCCC(COC)NC(=O)c1cc(N)cc(Br)c1. The summed E-state index contributed by atoms with van der Waals surface area (Å²) in [6, 6.07) is 5.21. The molecule has 0 aromatic heterocycles. The number of nitrogen functional groups attached to an aromatic ring is 1. The molecule has 0 bridgehead atoms. The Morgan fingerprint density at radius 3 is 2.78 bits per heavy atom. The normalized spacial score (nSPS) is 12.2. The monoisotopic (exact) mass is 314 g/mol. The van der Waals surface area contributed by atoms with Gasteiger partial charge in [-0.1, -0.05) is 29.3 Å². The molecule has 1 rings (SSSR count). The molecule has 1 aromatic rings. The van der Waals surface area contributed by atoms with Gasteiger partial charge in [-0.25, -0.2) is 0 Å². The number of hydrogen-bond donors (Lipinski definition) is 2. The number of carbonyl (C=O) groups is 1. The zero-order valence-corrected chi connectivity index (χ0v) is 12.3. The average molecular weight is 315 g/mol. The highest BCUT2D eigenvalue weighted by Crippen LogP contribution is 2.17. The maximum absolute atomic E-state index is 12.1. The topological polar surface area (TPSA) is 64.3 Å². The summed E-state index contributed by atoms with van der Waals surface area (Å²) < 4.78 is 5.89. The van der Waals surface area contributed by atoms with E-state index in [1.54, 1.807) is 25.3 Å². The molecule has 3 N–H and O–H groups in total. The molecule has 0 heterocycles. The second-order valence-corrected chi connectivity index (χ2v) is 5.10. The number of anilines is 1. The van der Waals surface area contributed by atoms with E-state index in [0.29, 0.717) is 17.9 Å². The third-order valence-corrected chi connectivity index (χ3v) is 2.98. The number of rotatable bonds is 6. The number of amides is 1. The van der Waals surface area contributed by atoms with Crippen LogP contribution in [0, 0.1) is 0 Å². The number of ether oxygens (including phenoxy) is 1. The molecule has 1 atom stereocenters. The van der Waals surface area contributed by atoms with Gasteiger partial charge in [0.25, 0.3) is 5.91 Å². The number of benzene rings is 1. The van der Waals surface area contributed by atoms with Gasteiger partial charge in [-0.15, -0.1) is 0 Å². The summed E-state index contributed by atoms with van der Waals surface area (Å²) in [5.74, 6) is -0.126. The van der Waals surface area contributed by atoms with Crippen LogP contribution in [-0.4, -0.2) is 25.7 Å². The summed E-state index contributed by atoms with van der Waals surface area (Å²) in [5.41, 5.74) is 6.83. The molecule has 1 amide bonds. The Hall–Kier alpha value is -1.07. The van der Waals surface area contributed by atoms with Crippen molar-refractivity contribution in [2.24, 2.45) is 0 Å². The van der Waals surface area contributed by atoms with Crippen molar-refractivity contribution in [1.82, 2.24) is 5.32 Å². The summed E-state index contributed by atoms with van der Waals surface area (Å²) in [5, 5.41) is 2.95. The van der Waals surface area contributed by atoms with Crippen molar-refractivity contribution in [3.63, 3.8) is 0 Å². The lowest BCUT2D eigenvalue weighted by molar-refractivity contribution is 0.0891. The van der Waals surface area contributed by atoms with Gasteiger partial charge in [-0.2, -0.15) is 0 Å². The maximum Gasteiger partial charge on any atom is 0.251 e. The quantitative estimate of drug-likeness (QED) is 0.793. The van der Waals surface area contributed by atoms with Gasteiger partial charge in [0.1, 0.15) is 0 Å². The van der Waals surface area contributed by atoms with Crippen molar-refractivity contribution < 1.29 is 9.53 Å². The molecular weight excluding hydrogens is 296 g/mol.